The van der Waals surface area contributed by atoms with Crippen molar-refractivity contribution in [2.45, 2.75) is 26.0 Å². The SMILES string of the molecule is COCc1ccccc1CNCC(=O)N1CCCC1. The summed E-state index contributed by atoms with van der Waals surface area (Å²) in [6, 6.07) is 8.15. The van der Waals surface area contributed by atoms with Gasteiger partial charge in [0.2, 0.25) is 5.91 Å². The average molecular weight is 262 g/mol. The van der Waals surface area contributed by atoms with Gasteiger partial charge in [0.05, 0.1) is 13.2 Å². The topological polar surface area (TPSA) is 41.6 Å². The summed E-state index contributed by atoms with van der Waals surface area (Å²) < 4.78 is 5.17. The van der Waals surface area contributed by atoms with Gasteiger partial charge in [-0.25, -0.2) is 0 Å². The number of benzene rings is 1. The number of hydrogen-bond donors (Lipinski definition) is 1. The van der Waals surface area contributed by atoms with Crippen LogP contribution >= 0.6 is 0 Å². The molecule has 0 spiro atoms. The monoisotopic (exact) mass is 262 g/mol. The lowest BCUT2D eigenvalue weighted by molar-refractivity contribution is -0.129. The van der Waals surface area contributed by atoms with Crippen molar-refractivity contribution in [2.75, 3.05) is 26.7 Å². The third-order valence-corrected chi connectivity index (χ3v) is 3.47. The minimum atomic E-state index is 0.210. The predicted molar refractivity (Wildman–Crippen MR) is 74.7 cm³/mol. The van der Waals surface area contributed by atoms with Crippen LogP contribution in [0.4, 0.5) is 0 Å². The molecule has 104 valence electrons. The Morgan fingerprint density at radius 1 is 1.26 bits per heavy atom. The third kappa shape index (κ3) is 4.04. The summed E-state index contributed by atoms with van der Waals surface area (Å²) in [5.74, 6) is 0.210. The van der Waals surface area contributed by atoms with E-state index in [9.17, 15) is 4.79 Å². The molecule has 1 heterocycles. The predicted octanol–water partition coefficient (Wildman–Crippen LogP) is 1.54. The van der Waals surface area contributed by atoms with Gasteiger partial charge >= 0.3 is 0 Å². The highest BCUT2D eigenvalue weighted by atomic mass is 16.5. The zero-order valence-corrected chi connectivity index (χ0v) is 11.5. The van der Waals surface area contributed by atoms with E-state index in [0.29, 0.717) is 19.7 Å². The van der Waals surface area contributed by atoms with Crippen LogP contribution in [0.3, 0.4) is 0 Å². The van der Waals surface area contributed by atoms with Gasteiger partial charge < -0.3 is 15.0 Å². The Bertz CT molecular complexity index is 414. The van der Waals surface area contributed by atoms with Gasteiger partial charge in [-0.1, -0.05) is 24.3 Å². The van der Waals surface area contributed by atoms with Crippen molar-refractivity contribution < 1.29 is 9.53 Å². The Hall–Kier alpha value is -1.39. The van der Waals surface area contributed by atoms with E-state index < -0.39 is 0 Å². The van der Waals surface area contributed by atoms with E-state index in [-0.39, 0.29) is 5.91 Å². The number of carbonyl (C=O) groups excluding carboxylic acids is 1. The smallest absolute Gasteiger partial charge is 0.236 e. The van der Waals surface area contributed by atoms with E-state index in [1.165, 1.54) is 11.1 Å². The maximum atomic E-state index is 11.9. The fourth-order valence-electron chi connectivity index (χ4n) is 2.41. The minimum Gasteiger partial charge on any atom is -0.380 e. The molecule has 0 saturated carbocycles. The van der Waals surface area contributed by atoms with Crippen molar-refractivity contribution in [3.8, 4) is 0 Å². The number of methoxy groups -OCH3 is 1. The van der Waals surface area contributed by atoms with Crippen molar-refractivity contribution in [2.24, 2.45) is 0 Å². The van der Waals surface area contributed by atoms with Gasteiger partial charge in [0.1, 0.15) is 0 Å². The van der Waals surface area contributed by atoms with Gasteiger partial charge in [0.25, 0.3) is 0 Å². The summed E-state index contributed by atoms with van der Waals surface area (Å²) in [6.45, 7) is 3.57. The summed E-state index contributed by atoms with van der Waals surface area (Å²) in [5.41, 5.74) is 2.37. The molecule has 0 atom stereocenters. The van der Waals surface area contributed by atoms with Crippen LogP contribution in [-0.2, 0) is 22.7 Å². The number of hydrogen-bond acceptors (Lipinski definition) is 3. The molecule has 1 fully saturated rings. The van der Waals surface area contributed by atoms with E-state index in [1.807, 2.05) is 17.0 Å². The molecule has 0 radical (unpaired) electrons. The standard InChI is InChI=1S/C15H22N2O2/c1-19-12-14-7-3-2-6-13(14)10-16-11-15(18)17-8-4-5-9-17/h2-3,6-7,16H,4-5,8-12H2,1H3. The third-order valence-electron chi connectivity index (χ3n) is 3.47. The highest BCUT2D eigenvalue weighted by molar-refractivity contribution is 5.78. The molecule has 1 aliphatic rings. The Morgan fingerprint density at radius 3 is 2.63 bits per heavy atom. The molecule has 1 aromatic rings. The highest BCUT2D eigenvalue weighted by Gasteiger charge is 2.16. The Kier molecular flexibility index (Phi) is 5.36. The molecule has 0 unspecified atom stereocenters. The van der Waals surface area contributed by atoms with E-state index in [1.54, 1.807) is 7.11 Å². The first-order valence-electron chi connectivity index (χ1n) is 6.85. The number of nitrogens with zero attached hydrogens (tertiary/aromatic N) is 1. The second-order valence-corrected chi connectivity index (χ2v) is 4.89. The zero-order chi connectivity index (χ0) is 13.5. The fourth-order valence-corrected chi connectivity index (χ4v) is 2.41. The Balaban J connectivity index is 1.80. The molecule has 1 aromatic carbocycles. The molecule has 0 aromatic heterocycles. The first-order chi connectivity index (χ1) is 9.31. The first-order valence-corrected chi connectivity index (χ1v) is 6.85. The second-order valence-electron chi connectivity index (χ2n) is 4.89. The average Bonchev–Trinajstić information content (AvgIpc) is 2.95. The number of ether oxygens (including phenoxy) is 1. The van der Waals surface area contributed by atoms with E-state index in [4.69, 9.17) is 4.74 Å². The lowest BCUT2D eigenvalue weighted by Crippen LogP contribution is -2.36. The molecule has 4 heteroatoms. The largest absolute Gasteiger partial charge is 0.380 e. The fraction of sp³-hybridized carbons (Fsp3) is 0.533. The summed E-state index contributed by atoms with van der Waals surface area (Å²) in [4.78, 5) is 13.8. The van der Waals surface area contributed by atoms with Crippen LogP contribution in [0.15, 0.2) is 24.3 Å². The van der Waals surface area contributed by atoms with Crippen molar-refractivity contribution >= 4 is 5.91 Å². The van der Waals surface area contributed by atoms with E-state index in [0.717, 1.165) is 25.9 Å². The number of carbonyl (C=O) groups is 1. The van der Waals surface area contributed by atoms with Crippen molar-refractivity contribution in [3.63, 3.8) is 0 Å². The Morgan fingerprint density at radius 2 is 1.95 bits per heavy atom. The summed E-state index contributed by atoms with van der Waals surface area (Å²) in [5, 5.41) is 3.23. The van der Waals surface area contributed by atoms with Gasteiger partial charge in [-0.15, -0.1) is 0 Å². The van der Waals surface area contributed by atoms with Gasteiger partial charge in [-0.3, -0.25) is 4.79 Å². The molecule has 1 amide bonds. The first kappa shape index (κ1) is 14.0. The van der Waals surface area contributed by atoms with Gasteiger partial charge in [0, 0.05) is 26.7 Å². The minimum absolute atomic E-state index is 0.210. The number of rotatable bonds is 6. The number of amides is 1. The second kappa shape index (κ2) is 7.26. The highest BCUT2D eigenvalue weighted by Crippen LogP contribution is 2.10. The maximum Gasteiger partial charge on any atom is 0.236 e. The molecule has 4 nitrogen and oxygen atoms in total. The van der Waals surface area contributed by atoms with Crippen molar-refractivity contribution in [3.05, 3.63) is 35.4 Å². The molecule has 2 rings (SSSR count). The lowest BCUT2D eigenvalue weighted by atomic mass is 10.1. The van der Waals surface area contributed by atoms with Crippen molar-refractivity contribution in [1.82, 2.24) is 10.2 Å². The normalized spacial score (nSPS) is 14.9. The van der Waals surface area contributed by atoms with Crippen LogP contribution < -0.4 is 5.32 Å². The maximum absolute atomic E-state index is 11.9. The van der Waals surface area contributed by atoms with Crippen LogP contribution in [0.25, 0.3) is 0 Å². The zero-order valence-electron chi connectivity index (χ0n) is 11.5. The van der Waals surface area contributed by atoms with Crippen LogP contribution in [0.1, 0.15) is 24.0 Å². The summed E-state index contributed by atoms with van der Waals surface area (Å²) >= 11 is 0. The molecule has 1 saturated heterocycles. The number of likely N-dealkylation sites (tertiary alicyclic amines) is 1. The lowest BCUT2D eigenvalue weighted by Gasteiger charge is -2.16. The summed E-state index contributed by atoms with van der Waals surface area (Å²) in [7, 11) is 1.70. The van der Waals surface area contributed by atoms with Crippen LogP contribution in [0, 0.1) is 0 Å². The molecular weight excluding hydrogens is 240 g/mol. The molecule has 0 bridgehead atoms. The van der Waals surface area contributed by atoms with Gasteiger partial charge in [-0.05, 0) is 24.0 Å². The molecular formula is C15H22N2O2. The van der Waals surface area contributed by atoms with Crippen LogP contribution in [-0.4, -0.2) is 37.6 Å². The number of nitrogens with one attached hydrogen (secondary N) is 1. The molecule has 1 aliphatic heterocycles. The summed E-state index contributed by atoms with van der Waals surface area (Å²) in [6.07, 6.45) is 2.28. The van der Waals surface area contributed by atoms with E-state index >= 15 is 0 Å². The molecule has 19 heavy (non-hydrogen) atoms. The van der Waals surface area contributed by atoms with Gasteiger partial charge in [-0.2, -0.15) is 0 Å². The van der Waals surface area contributed by atoms with Crippen LogP contribution in [0.2, 0.25) is 0 Å². The quantitative estimate of drug-likeness (QED) is 0.845. The van der Waals surface area contributed by atoms with Gasteiger partial charge in [0.15, 0.2) is 0 Å². The van der Waals surface area contributed by atoms with Crippen LogP contribution in [0.5, 0.6) is 0 Å². The van der Waals surface area contributed by atoms with Crippen molar-refractivity contribution in [1.29, 1.82) is 0 Å². The van der Waals surface area contributed by atoms with E-state index in [2.05, 4.69) is 17.4 Å². The Labute approximate surface area is 114 Å². The molecule has 0 aliphatic carbocycles. The molecule has 1 N–H and O–H groups in total.